The number of hydrogen-bond donors (Lipinski definition) is 2. The highest BCUT2D eigenvalue weighted by molar-refractivity contribution is 5.98. The molecule has 0 saturated heterocycles. The van der Waals surface area contributed by atoms with Gasteiger partial charge in [0.1, 0.15) is 11.8 Å². The van der Waals surface area contributed by atoms with Crippen molar-refractivity contribution >= 4 is 11.8 Å². The minimum Gasteiger partial charge on any atom is -0.382 e. The van der Waals surface area contributed by atoms with Crippen molar-refractivity contribution in [3.8, 4) is 0 Å². The number of aromatic nitrogens is 1. The molecule has 2 amide bonds. The number of pyridine rings is 1. The molecule has 1 atom stereocenters. The molecule has 1 aromatic heterocycles. The molecule has 6 heteroatoms. The van der Waals surface area contributed by atoms with Gasteiger partial charge >= 0.3 is 0 Å². The summed E-state index contributed by atoms with van der Waals surface area (Å²) in [5.41, 5.74) is 6.49. The molecule has 6 nitrogen and oxygen atoms in total. The molecule has 1 saturated carbocycles. The highest BCUT2D eigenvalue weighted by atomic mass is 16.3. The van der Waals surface area contributed by atoms with Crippen LogP contribution in [0.3, 0.4) is 0 Å². The first kappa shape index (κ1) is 16.1. The van der Waals surface area contributed by atoms with Crippen LogP contribution in [0.5, 0.6) is 0 Å². The Bertz CT molecular complexity index is 772. The third-order valence-corrected chi connectivity index (χ3v) is 4.16. The molecule has 2 aromatic rings. The highest BCUT2D eigenvalue weighted by Gasteiger charge is 2.31. The first-order chi connectivity index (χ1) is 11.5. The van der Waals surface area contributed by atoms with Gasteiger partial charge in [-0.25, -0.2) is 4.98 Å². The first-order valence-corrected chi connectivity index (χ1v) is 7.79. The summed E-state index contributed by atoms with van der Waals surface area (Å²) in [6, 6.07) is 12.0. The average Bonchev–Trinajstić information content (AvgIpc) is 3.45. The fourth-order valence-electron chi connectivity index (χ4n) is 2.56. The third kappa shape index (κ3) is 3.28. The van der Waals surface area contributed by atoms with Crippen molar-refractivity contribution in [2.75, 3.05) is 7.05 Å². The molecular weight excluding hydrogens is 306 g/mol. The second kappa shape index (κ2) is 6.41. The number of nitrogens with two attached hydrogens (primary N) is 1. The summed E-state index contributed by atoms with van der Waals surface area (Å²) < 4.78 is 0. The molecule has 3 N–H and O–H groups in total. The maximum atomic E-state index is 12.5. The molecule has 1 unspecified atom stereocenters. The highest BCUT2D eigenvalue weighted by Crippen LogP contribution is 2.27. The Balaban J connectivity index is 1.99. The van der Waals surface area contributed by atoms with Crippen LogP contribution < -0.4 is 5.73 Å². The van der Waals surface area contributed by atoms with E-state index in [-0.39, 0.29) is 28.9 Å². The van der Waals surface area contributed by atoms with Gasteiger partial charge in [0.2, 0.25) is 5.91 Å². The quantitative estimate of drug-likeness (QED) is 0.870. The zero-order valence-electron chi connectivity index (χ0n) is 13.3. The Morgan fingerprint density at radius 2 is 1.92 bits per heavy atom. The van der Waals surface area contributed by atoms with Crippen LogP contribution >= 0.6 is 0 Å². The third-order valence-electron chi connectivity index (χ3n) is 4.16. The van der Waals surface area contributed by atoms with E-state index in [0.29, 0.717) is 5.56 Å². The zero-order valence-corrected chi connectivity index (χ0v) is 13.3. The van der Waals surface area contributed by atoms with Gasteiger partial charge in [-0.2, -0.15) is 0 Å². The van der Waals surface area contributed by atoms with Crippen molar-refractivity contribution in [1.82, 2.24) is 9.88 Å². The van der Waals surface area contributed by atoms with Gasteiger partial charge in [-0.1, -0.05) is 30.3 Å². The van der Waals surface area contributed by atoms with Crippen molar-refractivity contribution in [1.29, 1.82) is 0 Å². The normalized spacial score (nSPS) is 14.9. The molecule has 3 rings (SSSR count). The van der Waals surface area contributed by atoms with Crippen LogP contribution in [0.4, 0.5) is 0 Å². The summed E-state index contributed by atoms with van der Waals surface area (Å²) in [5, 5.41) is 10.5. The Hall–Kier alpha value is -2.73. The van der Waals surface area contributed by atoms with Crippen LogP contribution in [-0.2, 0) is 0 Å². The maximum absolute atomic E-state index is 12.5. The number of carbonyl (C=O) groups is 2. The van der Waals surface area contributed by atoms with Gasteiger partial charge in [0.15, 0.2) is 0 Å². The molecule has 1 aliphatic carbocycles. The van der Waals surface area contributed by atoms with E-state index in [4.69, 9.17) is 5.73 Å². The number of aliphatic hydroxyl groups is 1. The number of hydrogen-bond acceptors (Lipinski definition) is 4. The molecular formula is C18H19N3O3. The second-order valence-corrected chi connectivity index (χ2v) is 5.99. The number of aliphatic hydroxyl groups excluding tert-OH is 1. The zero-order chi connectivity index (χ0) is 17.3. The summed E-state index contributed by atoms with van der Waals surface area (Å²) in [7, 11) is 1.71. The van der Waals surface area contributed by atoms with Crippen molar-refractivity contribution in [3.05, 3.63) is 65.0 Å². The van der Waals surface area contributed by atoms with E-state index in [1.807, 2.05) is 6.07 Å². The Morgan fingerprint density at radius 1 is 1.25 bits per heavy atom. The number of amides is 2. The van der Waals surface area contributed by atoms with Crippen LogP contribution in [0.1, 0.15) is 51.0 Å². The predicted molar refractivity (Wildman–Crippen MR) is 88.4 cm³/mol. The van der Waals surface area contributed by atoms with Crippen LogP contribution in [0.15, 0.2) is 42.5 Å². The smallest absolute Gasteiger partial charge is 0.272 e. The van der Waals surface area contributed by atoms with Crippen LogP contribution in [-0.4, -0.2) is 39.9 Å². The molecule has 0 aliphatic heterocycles. The van der Waals surface area contributed by atoms with E-state index >= 15 is 0 Å². The molecule has 1 aromatic carbocycles. The lowest BCUT2D eigenvalue weighted by molar-refractivity contribution is 0.0778. The SMILES string of the molecule is CN(C(=O)c1cc(C(N)=O)cc(C(O)c2ccccc2)n1)C1CC1. The summed E-state index contributed by atoms with van der Waals surface area (Å²) in [6.07, 6.45) is 0.900. The van der Waals surface area contributed by atoms with Crippen molar-refractivity contribution in [2.45, 2.75) is 25.0 Å². The minimum absolute atomic E-state index is 0.116. The molecule has 1 aliphatic rings. The number of rotatable bonds is 5. The number of carbonyl (C=O) groups excluding carboxylic acids is 2. The number of nitrogens with zero attached hydrogens (tertiary/aromatic N) is 2. The standard InChI is InChI=1S/C18H19N3O3/c1-21(13-7-8-13)18(24)15-10-12(17(19)23)9-14(20-15)16(22)11-5-3-2-4-6-11/h2-6,9-10,13,16,22H,7-8H2,1H3,(H2,19,23). The van der Waals surface area contributed by atoms with Crippen LogP contribution in [0.25, 0.3) is 0 Å². The van der Waals surface area contributed by atoms with Gasteiger partial charge in [-0.05, 0) is 30.5 Å². The fraction of sp³-hybridized carbons (Fsp3) is 0.278. The second-order valence-electron chi connectivity index (χ2n) is 5.99. The van der Waals surface area contributed by atoms with Crippen molar-refractivity contribution in [3.63, 3.8) is 0 Å². The molecule has 124 valence electrons. The van der Waals surface area contributed by atoms with Crippen molar-refractivity contribution < 1.29 is 14.7 Å². The van der Waals surface area contributed by atoms with Gasteiger partial charge in [0.25, 0.3) is 5.91 Å². The number of primary amides is 1. The van der Waals surface area contributed by atoms with Gasteiger partial charge in [-0.3, -0.25) is 9.59 Å². The maximum Gasteiger partial charge on any atom is 0.272 e. The summed E-state index contributed by atoms with van der Waals surface area (Å²) >= 11 is 0. The molecule has 1 fully saturated rings. The average molecular weight is 325 g/mol. The lowest BCUT2D eigenvalue weighted by Gasteiger charge is -2.18. The van der Waals surface area contributed by atoms with Gasteiger partial charge in [0, 0.05) is 18.7 Å². The van der Waals surface area contributed by atoms with E-state index in [0.717, 1.165) is 12.8 Å². The Labute approximate surface area is 139 Å². The lowest BCUT2D eigenvalue weighted by atomic mass is 10.0. The Kier molecular flexibility index (Phi) is 4.31. The van der Waals surface area contributed by atoms with E-state index in [9.17, 15) is 14.7 Å². The van der Waals surface area contributed by atoms with Gasteiger partial charge < -0.3 is 15.7 Å². The van der Waals surface area contributed by atoms with Gasteiger partial charge in [0.05, 0.1) is 5.69 Å². The summed E-state index contributed by atoms with van der Waals surface area (Å²) in [4.78, 5) is 30.0. The fourth-order valence-corrected chi connectivity index (χ4v) is 2.56. The molecule has 0 radical (unpaired) electrons. The number of benzene rings is 1. The molecule has 24 heavy (non-hydrogen) atoms. The van der Waals surface area contributed by atoms with E-state index in [2.05, 4.69) is 4.98 Å². The molecule has 1 heterocycles. The Morgan fingerprint density at radius 3 is 2.50 bits per heavy atom. The largest absolute Gasteiger partial charge is 0.382 e. The topological polar surface area (TPSA) is 96.5 Å². The van der Waals surface area contributed by atoms with Crippen LogP contribution in [0, 0.1) is 0 Å². The van der Waals surface area contributed by atoms with E-state index < -0.39 is 12.0 Å². The first-order valence-electron chi connectivity index (χ1n) is 7.79. The monoisotopic (exact) mass is 325 g/mol. The van der Waals surface area contributed by atoms with E-state index in [1.54, 1.807) is 36.2 Å². The minimum atomic E-state index is -1.04. The van der Waals surface area contributed by atoms with E-state index in [1.165, 1.54) is 12.1 Å². The van der Waals surface area contributed by atoms with Crippen LogP contribution in [0.2, 0.25) is 0 Å². The van der Waals surface area contributed by atoms with Gasteiger partial charge in [-0.15, -0.1) is 0 Å². The summed E-state index contributed by atoms with van der Waals surface area (Å²) in [6.45, 7) is 0. The lowest BCUT2D eigenvalue weighted by Crippen LogP contribution is -2.30. The predicted octanol–water partition coefficient (Wildman–Crippen LogP) is 1.50. The molecule has 0 spiro atoms. The summed E-state index contributed by atoms with van der Waals surface area (Å²) in [5.74, 6) is -0.941. The molecule has 0 bridgehead atoms. The van der Waals surface area contributed by atoms with Crippen molar-refractivity contribution in [2.24, 2.45) is 5.73 Å².